The van der Waals surface area contributed by atoms with Crippen LogP contribution < -0.4 is 4.90 Å². The number of furan rings is 1. The SMILES string of the molecule is c1ccc(-c2ccc(N(c3ccc(-c4cccc(-c5ccccc5)c4-c4ccccc4-c4ccccc4)cc3)c3ccc4oc5ccccc5c4c3)cc2)cc1. The van der Waals surface area contributed by atoms with Crippen molar-refractivity contribution in [3.63, 3.8) is 0 Å². The molecule has 0 atom stereocenters. The van der Waals surface area contributed by atoms with Gasteiger partial charge in [-0.3, -0.25) is 0 Å². The molecule has 0 saturated carbocycles. The Balaban J connectivity index is 1.12. The van der Waals surface area contributed by atoms with E-state index in [9.17, 15) is 0 Å². The topological polar surface area (TPSA) is 16.4 Å². The molecule has 0 spiro atoms. The summed E-state index contributed by atoms with van der Waals surface area (Å²) in [5.41, 5.74) is 16.9. The zero-order valence-electron chi connectivity index (χ0n) is 30.7. The number of benzene rings is 9. The summed E-state index contributed by atoms with van der Waals surface area (Å²) in [6, 6.07) is 80.1. The van der Waals surface area contributed by atoms with Crippen LogP contribution in [0.3, 0.4) is 0 Å². The van der Waals surface area contributed by atoms with Crippen LogP contribution in [0.1, 0.15) is 0 Å². The first-order valence-electron chi connectivity index (χ1n) is 19.1. The highest BCUT2D eigenvalue weighted by Gasteiger charge is 2.20. The third-order valence-corrected chi connectivity index (χ3v) is 10.7. The zero-order valence-corrected chi connectivity index (χ0v) is 30.7. The molecular formula is C54H37NO. The molecule has 10 aromatic rings. The van der Waals surface area contributed by atoms with E-state index in [1.165, 1.54) is 50.1 Å². The molecular weight excluding hydrogens is 679 g/mol. The highest BCUT2D eigenvalue weighted by Crippen LogP contribution is 2.45. The molecule has 10 rings (SSSR count). The molecule has 0 aliphatic heterocycles. The lowest BCUT2D eigenvalue weighted by molar-refractivity contribution is 0.669. The molecule has 0 N–H and O–H groups in total. The molecule has 0 fully saturated rings. The molecule has 0 unspecified atom stereocenters. The molecule has 264 valence electrons. The van der Waals surface area contributed by atoms with Crippen LogP contribution in [-0.2, 0) is 0 Å². The Morgan fingerprint density at radius 1 is 0.268 bits per heavy atom. The molecule has 0 amide bonds. The molecule has 0 radical (unpaired) electrons. The van der Waals surface area contributed by atoms with Gasteiger partial charge in [-0.05, 0) is 104 Å². The fraction of sp³-hybridized carbons (Fsp3) is 0. The highest BCUT2D eigenvalue weighted by atomic mass is 16.3. The first kappa shape index (κ1) is 33.2. The maximum absolute atomic E-state index is 6.24. The van der Waals surface area contributed by atoms with Crippen LogP contribution in [0.5, 0.6) is 0 Å². The fourth-order valence-electron chi connectivity index (χ4n) is 8.04. The summed E-state index contributed by atoms with van der Waals surface area (Å²) in [6.07, 6.45) is 0. The minimum atomic E-state index is 0.881. The van der Waals surface area contributed by atoms with E-state index in [-0.39, 0.29) is 0 Å². The fourth-order valence-corrected chi connectivity index (χ4v) is 8.04. The Morgan fingerprint density at radius 3 is 1.34 bits per heavy atom. The van der Waals surface area contributed by atoms with Crippen molar-refractivity contribution >= 4 is 39.0 Å². The summed E-state index contributed by atoms with van der Waals surface area (Å²) in [7, 11) is 0. The second-order valence-electron chi connectivity index (χ2n) is 14.1. The molecule has 56 heavy (non-hydrogen) atoms. The van der Waals surface area contributed by atoms with Gasteiger partial charge < -0.3 is 9.32 Å². The van der Waals surface area contributed by atoms with Gasteiger partial charge in [0.2, 0.25) is 0 Å². The number of anilines is 3. The van der Waals surface area contributed by atoms with Gasteiger partial charge in [0, 0.05) is 27.8 Å². The van der Waals surface area contributed by atoms with Gasteiger partial charge in [-0.2, -0.15) is 0 Å². The van der Waals surface area contributed by atoms with E-state index in [1.54, 1.807) is 0 Å². The second kappa shape index (κ2) is 14.4. The molecule has 1 heterocycles. The Kier molecular flexibility index (Phi) is 8.55. The standard InChI is InChI=1S/C54H37NO/c1-4-15-38(16-5-1)39-27-31-43(32-28-39)55(45-35-36-53-51(37-45)49-22-12-13-26-52(49)56-53)44-33-29-42(30-34-44)48-25-14-24-47(41-19-8-3-9-20-41)54(48)50-23-11-10-21-46(50)40-17-6-2-7-18-40/h1-37H. The van der Waals surface area contributed by atoms with Crippen molar-refractivity contribution in [2.45, 2.75) is 0 Å². The van der Waals surface area contributed by atoms with Crippen LogP contribution in [0.25, 0.3) is 77.6 Å². The Morgan fingerprint density at radius 2 is 0.696 bits per heavy atom. The van der Waals surface area contributed by atoms with Crippen LogP contribution in [0, 0.1) is 0 Å². The van der Waals surface area contributed by atoms with E-state index in [1.807, 2.05) is 12.1 Å². The summed E-state index contributed by atoms with van der Waals surface area (Å²) in [4.78, 5) is 2.34. The van der Waals surface area contributed by atoms with Gasteiger partial charge in [0.15, 0.2) is 0 Å². The minimum Gasteiger partial charge on any atom is -0.456 e. The van der Waals surface area contributed by atoms with Crippen molar-refractivity contribution in [2.24, 2.45) is 0 Å². The van der Waals surface area contributed by atoms with Crippen LogP contribution in [-0.4, -0.2) is 0 Å². The molecule has 9 aromatic carbocycles. The first-order chi connectivity index (χ1) is 27.8. The smallest absolute Gasteiger partial charge is 0.135 e. The third kappa shape index (κ3) is 6.14. The zero-order chi connectivity index (χ0) is 37.3. The van der Waals surface area contributed by atoms with Crippen molar-refractivity contribution in [1.29, 1.82) is 0 Å². The van der Waals surface area contributed by atoms with Gasteiger partial charge >= 0.3 is 0 Å². The molecule has 2 nitrogen and oxygen atoms in total. The first-order valence-corrected chi connectivity index (χ1v) is 19.1. The monoisotopic (exact) mass is 715 g/mol. The third-order valence-electron chi connectivity index (χ3n) is 10.7. The highest BCUT2D eigenvalue weighted by molar-refractivity contribution is 6.06. The summed E-state index contributed by atoms with van der Waals surface area (Å²) >= 11 is 0. The summed E-state index contributed by atoms with van der Waals surface area (Å²) in [5.74, 6) is 0. The van der Waals surface area contributed by atoms with Gasteiger partial charge in [-0.15, -0.1) is 0 Å². The van der Waals surface area contributed by atoms with Gasteiger partial charge in [-0.1, -0.05) is 176 Å². The van der Waals surface area contributed by atoms with E-state index in [2.05, 4.69) is 217 Å². The van der Waals surface area contributed by atoms with E-state index >= 15 is 0 Å². The van der Waals surface area contributed by atoms with Crippen LogP contribution >= 0.6 is 0 Å². The summed E-state index contributed by atoms with van der Waals surface area (Å²) in [5, 5.41) is 2.21. The van der Waals surface area contributed by atoms with Gasteiger partial charge in [0.05, 0.1) is 0 Å². The Labute approximate surface area is 327 Å². The second-order valence-corrected chi connectivity index (χ2v) is 14.1. The van der Waals surface area contributed by atoms with E-state index in [4.69, 9.17) is 4.42 Å². The van der Waals surface area contributed by atoms with Crippen LogP contribution in [0.15, 0.2) is 229 Å². The molecule has 0 aliphatic rings. The van der Waals surface area contributed by atoms with Crippen LogP contribution in [0.4, 0.5) is 17.1 Å². The Bertz CT molecular complexity index is 2930. The number of fused-ring (bicyclic) bond motifs is 3. The van der Waals surface area contributed by atoms with Crippen molar-refractivity contribution in [3.8, 4) is 55.6 Å². The molecule has 0 aliphatic carbocycles. The predicted molar refractivity (Wildman–Crippen MR) is 236 cm³/mol. The molecule has 2 heteroatoms. The van der Waals surface area contributed by atoms with E-state index < -0.39 is 0 Å². The van der Waals surface area contributed by atoms with Crippen molar-refractivity contribution in [3.05, 3.63) is 224 Å². The number of rotatable bonds is 8. The van der Waals surface area contributed by atoms with E-state index in [0.29, 0.717) is 0 Å². The summed E-state index contributed by atoms with van der Waals surface area (Å²) in [6.45, 7) is 0. The van der Waals surface area contributed by atoms with Gasteiger partial charge in [0.25, 0.3) is 0 Å². The number of para-hydroxylation sites is 1. The lowest BCUT2D eigenvalue weighted by Crippen LogP contribution is -2.09. The van der Waals surface area contributed by atoms with Crippen molar-refractivity contribution in [1.82, 2.24) is 0 Å². The maximum atomic E-state index is 6.24. The average molecular weight is 716 g/mol. The van der Waals surface area contributed by atoms with Gasteiger partial charge in [-0.25, -0.2) is 0 Å². The average Bonchev–Trinajstić information content (AvgIpc) is 3.66. The largest absolute Gasteiger partial charge is 0.456 e. The lowest BCUT2D eigenvalue weighted by Gasteiger charge is -2.26. The molecule has 0 bridgehead atoms. The number of hydrogen-bond donors (Lipinski definition) is 0. The predicted octanol–water partition coefficient (Wildman–Crippen LogP) is 15.4. The molecule has 0 saturated heterocycles. The Hall–Kier alpha value is -7.42. The number of nitrogens with zero attached hydrogens (tertiary/aromatic N) is 1. The van der Waals surface area contributed by atoms with Gasteiger partial charge in [0.1, 0.15) is 11.2 Å². The minimum absolute atomic E-state index is 0.881. The summed E-state index contributed by atoms with van der Waals surface area (Å²) < 4.78 is 6.24. The molecule has 1 aromatic heterocycles. The number of hydrogen-bond acceptors (Lipinski definition) is 2. The van der Waals surface area contributed by atoms with Crippen molar-refractivity contribution in [2.75, 3.05) is 4.90 Å². The van der Waals surface area contributed by atoms with E-state index in [0.717, 1.165) is 44.6 Å². The normalized spacial score (nSPS) is 11.2. The van der Waals surface area contributed by atoms with Crippen LogP contribution in [0.2, 0.25) is 0 Å². The van der Waals surface area contributed by atoms with Crippen molar-refractivity contribution < 1.29 is 4.42 Å². The quantitative estimate of drug-likeness (QED) is 0.156. The lowest BCUT2D eigenvalue weighted by atomic mass is 9.84. The maximum Gasteiger partial charge on any atom is 0.135 e.